The van der Waals surface area contributed by atoms with Crippen LogP contribution in [0.25, 0.3) is 0 Å². The van der Waals surface area contributed by atoms with E-state index in [1.165, 1.54) is 38.5 Å². The van der Waals surface area contributed by atoms with Crippen LogP contribution < -0.4 is 0 Å². The van der Waals surface area contributed by atoms with Gasteiger partial charge in [0.1, 0.15) is 0 Å². The van der Waals surface area contributed by atoms with Gasteiger partial charge in [-0.2, -0.15) is 0 Å². The molecule has 11 heavy (non-hydrogen) atoms. The molecule has 0 heteroatoms. The standard InChI is InChI=1S/C11H20/c1-9-6-7-11(9,2)8-10-4-3-5-10/h9-10H,3-8H2,1-2H3. The first-order valence-electron chi connectivity index (χ1n) is 5.21. The van der Waals surface area contributed by atoms with Gasteiger partial charge in [0.15, 0.2) is 0 Å². The normalized spacial score (nSPS) is 44.7. The predicted octanol–water partition coefficient (Wildman–Crippen LogP) is 3.61. The fourth-order valence-electron chi connectivity index (χ4n) is 2.59. The molecule has 0 aromatic heterocycles. The Bertz CT molecular complexity index is 146. The SMILES string of the molecule is CC1CCC1(C)CC1CCC1. The third-order valence-corrected chi connectivity index (χ3v) is 4.32. The van der Waals surface area contributed by atoms with Crippen LogP contribution in [0.15, 0.2) is 0 Å². The van der Waals surface area contributed by atoms with Crippen LogP contribution in [0, 0.1) is 17.3 Å². The Hall–Kier alpha value is 0. The lowest BCUT2D eigenvalue weighted by atomic mass is 9.57. The van der Waals surface area contributed by atoms with Crippen molar-refractivity contribution in [3.05, 3.63) is 0 Å². The Morgan fingerprint density at radius 1 is 1.27 bits per heavy atom. The predicted molar refractivity (Wildman–Crippen MR) is 48.5 cm³/mol. The van der Waals surface area contributed by atoms with Gasteiger partial charge in [0.05, 0.1) is 0 Å². The van der Waals surface area contributed by atoms with Crippen LogP contribution >= 0.6 is 0 Å². The fourth-order valence-corrected chi connectivity index (χ4v) is 2.59. The summed E-state index contributed by atoms with van der Waals surface area (Å²) in [5.74, 6) is 2.13. The van der Waals surface area contributed by atoms with Gasteiger partial charge in [0.25, 0.3) is 0 Å². The third kappa shape index (κ3) is 1.21. The molecule has 0 aromatic carbocycles. The Kier molecular flexibility index (Phi) is 1.74. The van der Waals surface area contributed by atoms with Gasteiger partial charge in [-0.3, -0.25) is 0 Å². The summed E-state index contributed by atoms with van der Waals surface area (Å²) in [6, 6.07) is 0. The summed E-state index contributed by atoms with van der Waals surface area (Å²) in [5, 5.41) is 0. The average Bonchev–Trinajstić information content (AvgIpc) is 1.93. The minimum absolute atomic E-state index is 0.755. The molecule has 2 fully saturated rings. The van der Waals surface area contributed by atoms with Crippen molar-refractivity contribution in [2.45, 2.75) is 52.4 Å². The van der Waals surface area contributed by atoms with Crippen LogP contribution in [0.2, 0.25) is 0 Å². The van der Waals surface area contributed by atoms with E-state index < -0.39 is 0 Å². The van der Waals surface area contributed by atoms with Gasteiger partial charge in [-0.25, -0.2) is 0 Å². The van der Waals surface area contributed by atoms with Crippen molar-refractivity contribution in [1.82, 2.24) is 0 Å². The van der Waals surface area contributed by atoms with Crippen LogP contribution in [0.1, 0.15) is 52.4 Å². The van der Waals surface area contributed by atoms with Crippen molar-refractivity contribution in [2.75, 3.05) is 0 Å². The molecule has 0 bridgehead atoms. The van der Waals surface area contributed by atoms with Gasteiger partial charge in [-0.05, 0) is 36.5 Å². The van der Waals surface area contributed by atoms with Crippen molar-refractivity contribution >= 4 is 0 Å². The Balaban J connectivity index is 1.83. The van der Waals surface area contributed by atoms with E-state index in [1.807, 2.05) is 0 Å². The molecule has 64 valence electrons. The second kappa shape index (κ2) is 2.50. The van der Waals surface area contributed by atoms with E-state index in [2.05, 4.69) is 13.8 Å². The van der Waals surface area contributed by atoms with Crippen molar-refractivity contribution in [3.8, 4) is 0 Å². The van der Waals surface area contributed by atoms with Crippen LogP contribution in [0.4, 0.5) is 0 Å². The van der Waals surface area contributed by atoms with E-state index in [9.17, 15) is 0 Å². The summed E-state index contributed by atoms with van der Waals surface area (Å²) in [7, 11) is 0. The molecule has 0 nitrogen and oxygen atoms in total. The Morgan fingerprint density at radius 2 is 2.00 bits per heavy atom. The highest BCUT2D eigenvalue weighted by Gasteiger charge is 2.41. The van der Waals surface area contributed by atoms with E-state index in [0.717, 1.165) is 17.3 Å². The molecule has 2 aliphatic carbocycles. The molecule has 2 atom stereocenters. The van der Waals surface area contributed by atoms with Gasteiger partial charge in [0.2, 0.25) is 0 Å². The molecule has 2 rings (SSSR count). The number of hydrogen-bond donors (Lipinski definition) is 0. The maximum Gasteiger partial charge on any atom is -0.0297 e. The summed E-state index contributed by atoms with van der Waals surface area (Å²) in [6.07, 6.45) is 9.10. The van der Waals surface area contributed by atoms with E-state index in [-0.39, 0.29) is 0 Å². The number of rotatable bonds is 2. The zero-order valence-corrected chi connectivity index (χ0v) is 7.90. The molecule has 0 aliphatic heterocycles. The monoisotopic (exact) mass is 152 g/mol. The second-order valence-corrected chi connectivity index (χ2v) is 5.09. The Labute approximate surface area is 70.4 Å². The van der Waals surface area contributed by atoms with E-state index in [4.69, 9.17) is 0 Å². The van der Waals surface area contributed by atoms with Gasteiger partial charge >= 0.3 is 0 Å². The first-order chi connectivity index (χ1) is 5.21. The zero-order valence-electron chi connectivity index (χ0n) is 7.90. The van der Waals surface area contributed by atoms with Crippen LogP contribution in [0.5, 0.6) is 0 Å². The molecule has 0 radical (unpaired) electrons. The topological polar surface area (TPSA) is 0 Å². The van der Waals surface area contributed by atoms with Crippen molar-refractivity contribution in [2.24, 2.45) is 17.3 Å². The highest BCUT2D eigenvalue weighted by Crippen LogP contribution is 2.52. The molecular formula is C11H20. The van der Waals surface area contributed by atoms with Crippen molar-refractivity contribution in [3.63, 3.8) is 0 Å². The van der Waals surface area contributed by atoms with Crippen LogP contribution in [-0.2, 0) is 0 Å². The highest BCUT2D eigenvalue weighted by atomic mass is 14.5. The second-order valence-electron chi connectivity index (χ2n) is 5.09. The molecular weight excluding hydrogens is 132 g/mol. The van der Waals surface area contributed by atoms with Crippen molar-refractivity contribution < 1.29 is 0 Å². The maximum absolute atomic E-state index is 2.50. The summed E-state index contributed by atoms with van der Waals surface area (Å²) in [5.41, 5.74) is 0.755. The minimum atomic E-state index is 0.755. The largest absolute Gasteiger partial charge is 0.0620 e. The fraction of sp³-hybridized carbons (Fsp3) is 1.00. The molecule has 0 aromatic rings. The van der Waals surface area contributed by atoms with E-state index in [1.54, 1.807) is 0 Å². The highest BCUT2D eigenvalue weighted by molar-refractivity contribution is 4.92. The van der Waals surface area contributed by atoms with Gasteiger partial charge in [0, 0.05) is 0 Å². The van der Waals surface area contributed by atoms with Gasteiger partial charge < -0.3 is 0 Å². The molecule has 0 amide bonds. The van der Waals surface area contributed by atoms with Gasteiger partial charge in [-0.15, -0.1) is 0 Å². The smallest absolute Gasteiger partial charge is 0.0297 e. The number of hydrogen-bond acceptors (Lipinski definition) is 0. The van der Waals surface area contributed by atoms with Crippen LogP contribution in [0.3, 0.4) is 0 Å². The summed E-state index contributed by atoms with van der Waals surface area (Å²) >= 11 is 0. The summed E-state index contributed by atoms with van der Waals surface area (Å²) < 4.78 is 0. The third-order valence-electron chi connectivity index (χ3n) is 4.32. The van der Waals surface area contributed by atoms with E-state index in [0.29, 0.717) is 0 Å². The van der Waals surface area contributed by atoms with E-state index >= 15 is 0 Å². The Morgan fingerprint density at radius 3 is 2.27 bits per heavy atom. The lowest BCUT2D eigenvalue weighted by Gasteiger charge is -2.49. The quantitative estimate of drug-likeness (QED) is 0.567. The lowest BCUT2D eigenvalue weighted by Crippen LogP contribution is -2.38. The van der Waals surface area contributed by atoms with Gasteiger partial charge in [-0.1, -0.05) is 33.1 Å². The first-order valence-corrected chi connectivity index (χ1v) is 5.21. The average molecular weight is 152 g/mol. The molecule has 2 saturated carbocycles. The molecule has 0 spiro atoms. The van der Waals surface area contributed by atoms with Crippen molar-refractivity contribution in [1.29, 1.82) is 0 Å². The molecule has 0 heterocycles. The molecule has 0 saturated heterocycles. The molecule has 2 aliphatic rings. The minimum Gasteiger partial charge on any atom is -0.0620 e. The maximum atomic E-state index is 2.50. The van der Waals surface area contributed by atoms with Crippen LogP contribution in [-0.4, -0.2) is 0 Å². The zero-order chi connectivity index (χ0) is 7.90. The lowest BCUT2D eigenvalue weighted by molar-refractivity contribution is 0.0206. The summed E-state index contributed by atoms with van der Waals surface area (Å²) in [4.78, 5) is 0. The summed E-state index contributed by atoms with van der Waals surface area (Å²) in [6.45, 7) is 4.93. The first kappa shape index (κ1) is 7.64. The molecule has 0 N–H and O–H groups in total. The molecule has 2 unspecified atom stereocenters.